The summed E-state index contributed by atoms with van der Waals surface area (Å²) in [4.78, 5) is 0. The van der Waals surface area contributed by atoms with Crippen LogP contribution < -0.4 is 5.32 Å². The van der Waals surface area contributed by atoms with Crippen LogP contribution in [0.25, 0.3) is 0 Å². The highest BCUT2D eigenvalue weighted by atomic mass is 14.9. The molecule has 0 spiro atoms. The minimum atomic E-state index is 0.713. The van der Waals surface area contributed by atoms with E-state index >= 15 is 0 Å². The van der Waals surface area contributed by atoms with Crippen LogP contribution in [0.2, 0.25) is 0 Å². The molecule has 1 N–H and O–H groups in total. The van der Waals surface area contributed by atoms with E-state index in [1.165, 1.54) is 38.5 Å². The molecule has 2 aliphatic carbocycles. The molecule has 3 rings (SSSR count). The molecule has 2 atom stereocenters. The molecule has 0 amide bonds. The fourth-order valence-corrected chi connectivity index (χ4v) is 3.73. The second-order valence-corrected chi connectivity index (χ2v) is 5.70. The van der Waals surface area contributed by atoms with Crippen LogP contribution in [0.1, 0.15) is 49.1 Å². The molecule has 1 heteroatoms. The number of aryl methyl sites for hydroxylation is 1. The molecule has 2 unspecified atom stereocenters. The van der Waals surface area contributed by atoms with E-state index in [-0.39, 0.29) is 0 Å². The van der Waals surface area contributed by atoms with Gasteiger partial charge in [-0.3, -0.25) is 0 Å². The third-order valence-electron chi connectivity index (χ3n) is 4.84. The van der Waals surface area contributed by atoms with E-state index in [1.807, 2.05) is 0 Å². The topological polar surface area (TPSA) is 12.0 Å². The minimum Gasteiger partial charge on any atom is -0.316 e. The summed E-state index contributed by atoms with van der Waals surface area (Å²) in [6, 6.07) is 9.81. The van der Waals surface area contributed by atoms with Crippen LogP contribution in [0, 0.1) is 5.92 Å². The van der Waals surface area contributed by atoms with Crippen molar-refractivity contribution in [1.82, 2.24) is 5.32 Å². The summed E-state index contributed by atoms with van der Waals surface area (Å²) < 4.78 is 0. The summed E-state index contributed by atoms with van der Waals surface area (Å²) in [5, 5.41) is 3.61. The first kappa shape index (κ1) is 11.3. The summed E-state index contributed by atoms with van der Waals surface area (Å²) in [6.45, 7) is 0. The Morgan fingerprint density at radius 2 is 1.94 bits per heavy atom. The molecule has 1 saturated carbocycles. The Kier molecular flexibility index (Phi) is 3.19. The zero-order valence-corrected chi connectivity index (χ0v) is 10.8. The van der Waals surface area contributed by atoms with Gasteiger partial charge in [0, 0.05) is 6.04 Å². The first-order valence-corrected chi connectivity index (χ1v) is 7.15. The van der Waals surface area contributed by atoms with Crippen LogP contribution >= 0.6 is 0 Å². The lowest BCUT2D eigenvalue weighted by molar-refractivity contribution is 0.202. The van der Waals surface area contributed by atoms with Gasteiger partial charge in [0.25, 0.3) is 0 Å². The largest absolute Gasteiger partial charge is 0.316 e. The third-order valence-corrected chi connectivity index (χ3v) is 4.84. The molecule has 0 saturated heterocycles. The van der Waals surface area contributed by atoms with Gasteiger partial charge < -0.3 is 5.32 Å². The van der Waals surface area contributed by atoms with Crippen molar-refractivity contribution in [1.29, 1.82) is 0 Å². The number of nitrogens with one attached hydrogen (secondary N) is 1. The maximum absolute atomic E-state index is 3.61. The highest BCUT2D eigenvalue weighted by Gasteiger charge is 2.34. The molecule has 1 nitrogen and oxygen atoms in total. The van der Waals surface area contributed by atoms with Crippen molar-refractivity contribution in [2.45, 2.75) is 50.5 Å². The lowest BCUT2D eigenvalue weighted by Crippen LogP contribution is -2.43. The lowest BCUT2D eigenvalue weighted by atomic mass is 9.69. The van der Waals surface area contributed by atoms with Crippen LogP contribution in [-0.4, -0.2) is 13.1 Å². The van der Waals surface area contributed by atoms with Crippen molar-refractivity contribution in [3.63, 3.8) is 0 Å². The van der Waals surface area contributed by atoms with Gasteiger partial charge in [-0.25, -0.2) is 0 Å². The van der Waals surface area contributed by atoms with Gasteiger partial charge >= 0.3 is 0 Å². The lowest BCUT2D eigenvalue weighted by Gasteiger charge is -2.41. The number of fused-ring (bicyclic) bond motifs is 1. The van der Waals surface area contributed by atoms with Crippen LogP contribution in [0.4, 0.5) is 0 Å². The van der Waals surface area contributed by atoms with Crippen LogP contribution in [0.15, 0.2) is 24.3 Å². The molecule has 0 radical (unpaired) electrons. The van der Waals surface area contributed by atoms with Gasteiger partial charge in [0.1, 0.15) is 0 Å². The fraction of sp³-hybridized carbons (Fsp3) is 0.625. The van der Waals surface area contributed by atoms with Crippen LogP contribution in [0.3, 0.4) is 0 Å². The molecule has 1 aromatic rings. The maximum Gasteiger partial charge on any atom is 0.0161 e. The predicted molar refractivity (Wildman–Crippen MR) is 72.3 cm³/mol. The molecule has 1 aromatic carbocycles. The number of hydrogen-bond donors (Lipinski definition) is 1. The van der Waals surface area contributed by atoms with E-state index < -0.39 is 0 Å². The van der Waals surface area contributed by atoms with E-state index in [0.717, 1.165) is 11.8 Å². The standard InChI is InChI=1S/C16H23N/c1-17-16(13-8-4-9-13)15-11-5-7-12-6-2-3-10-14(12)15/h2-3,6,10,13,15-17H,4-5,7-9,11H2,1H3. The fourth-order valence-electron chi connectivity index (χ4n) is 3.73. The predicted octanol–water partition coefficient (Wildman–Crippen LogP) is 3.49. The summed E-state index contributed by atoms with van der Waals surface area (Å²) in [5.41, 5.74) is 3.23. The van der Waals surface area contributed by atoms with Gasteiger partial charge in [-0.2, -0.15) is 0 Å². The van der Waals surface area contributed by atoms with Crippen molar-refractivity contribution in [2.24, 2.45) is 5.92 Å². The highest BCUT2D eigenvalue weighted by molar-refractivity contribution is 5.34. The Morgan fingerprint density at radius 3 is 2.65 bits per heavy atom. The van der Waals surface area contributed by atoms with Crippen LogP contribution in [-0.2, 0) is 6.42 Å². The second-order valence-electron chi connectivity index (χ2n) is 5.70. The normalized spacial score (nSPS) is 26.1. The van der Waals surface area contributed by atoms with Crippen molar-refractivity contribution >= 4 is 0 Å². The Bertz CT molecular complexity index is 381. The van der Waals surface area contributed by atoms with Crippen molar-refractivity contribution in [2.75, 3.05) is 7.05 Å². The van der Waals surface area contributed by atoms with Gasteiger partial charge in [0.15, 0.2) is 0 Å². The Balaban J connectivity index is 1.87. The summed E-state index contributed by atoms with van der Waals surface area (Å²) in [5.74, 6) is 1.69. The van der Waals surface area contributed by atoms with E-state index in [0.29, 0.717) is 6.04 Å². The minimum absolute atomic E-state index is 0.713. The van der Waals surface area contributed by atoms with Crippen molar-refractivity contribution in [3.05, 3.63) is 35.4 Å². The SMILES string of the molecule is CNC(C1CCC1)C1CCCc2ccccc21. The Hall–Kier alpha value is -0.820. The van der Waals surface area contributed by atoms with E-state index in [2.05, 4.69) is 36.6 Å². The van der Waals surface area contributed by atoms with Gasteiger partial charge in [0.05, 0.1) is 0 Å². The Morgan fingerprint density at radius 1 is 1.12 bits per heavy atom. The second kappa shape index (κ2) is 4.81. The Labute approximate surface area is 105 Å². The van der Waals surface area contributed by atoms with Gasteiger partial charge in [-0.1, -0.05) is 30.7 Å². The molecule has 2 aliphatic rings. The average molecular weight is 229 g/mol. The molecule has 0 bridgehead atoms. The molecular formula is C16H23N. The van der Waals surface area contributed by atoms with Gasteiger partial charge in [0.2, 0.25) is 0 Å². The zero-order chi connectivity index (χ0) is 11.7. The zero-order valence-electron chi connectivity index (χ0n) is 10.8. The molecule has 17 heavy (non-hydrogen) atoms. The maximum atomic E-state index is 3.61. The number of likely N-dealkylation sites (N-methyl/N-ethyl adjacent to an activating group) is 1. The quantitative estimate of drug-likeness (QED) is 0.836. The number of hydrogen-bond acceptors (Lipinski definition) is 1. The highest BCUT2D eigenvalue weighted by Crippen LogP contribution is 2.41. The summed E-state index contributed by atoms with van der Waals surface area (Å²) in [6.07, 6.45) is 8.34. The first-order valence-electron chi connectivity index (χ1n) is 7.15. The third kappa shape index (κ3) is 2.01. The van der Waals surface area contributed by atoms with Crippen molar-refractivity contribution < 1.29 is 0 Å². The summed E-state index contributed by atoms with van der Waals surface area (Å²) in [7, 11) is 2.15. The summed E-state index contributed by atoms with van der Waals surface area (Å²) >= 11 is 0. The van der Waals surface area contributed by atoms with Crippen molar-refractivity contribution in [3.8, 4) is 0 Å². The van der Waals surface area contributed by atoms with E-state index in [4.69, 9.17) is 0 Å². The average Bonchev–Trinajstić information content (AvgIpc) is 2.33. The molecule has 0 aromatic heterocycles. The number of rotatable bonds is 3. The molecule has 0 heterocycles. The molecule has 92 valence electrons. The monoisotopic (exact) mass is 229 g/mol. The van der Waals surface area contributed by atoms with E-state index in [1.54, 1.807) is 11.1 Å². The van der Waals surface area contributed by atoms with Gasteiger partial charge in [-0.05, 0) is 62.1 Å². The molecule has 0 aliphatic heterocycles. The molecular weight excluding hydrogens is 206 g/mol. The smallest absolute Gasteiger partial charge is 0.0161 e. The number of benzene rings is 1. The first-order chi connectivity index (χ1) is 8.40. The van der Waals surface area contributed by atoms with E-state index in [9.17, 15) is 0 Å². The van der Waals surface area contributed by atoms with Crippen LogP contribution in [0.5, 0.6) is 0 Å². The molecule has 1 fully saturated rings. The van der Waals surface area contributed by atoms with Gasteiger partial charge in [-0.15, -0.1) is 0 Å².